The van der Waals surface area contributed by atoms with Crippen molar-refractivity contribution in [1.82, 2.24) is 0 Å². The van der Waals surface area contributed by atoms with Gasteiger partial charge in [-0.1, -0.05) is 12.2 Å². The van der Waals surface area contributed by atoms with E-state index in [1.807, 2.05) is 0 Å². The molecule has 1 radical (unpaired) electrons. The summed E-state index contributed by atoms with van der Waals surface area (Å²) in [6.45, 7) is -0.241. The normalized spacial score (nSPS) is 6.25. The van der Waals surface area contributed by atoms with Gasteiger partial charge in [0.05, 0.1) is 0 Å². The molecule has 0 unspecified atom stereocenters. The van der Waals surface area contributed by atoms with Crippen LogP contribution in [0.25, 0.3) is 0 Å². The molecule has 0 spiro atoms. The van der Waals surface area contributed by atoms with Gasteiger partial charge in [-0.05, 0) is 0 Å². The van der Waals surface area contributed by atoms with Crippen molar-refractivity contribution in [2.75, 3.05) is 6.61 Å². The third-order valence-corrected chi connectivity index (χ3v) is 0.204. The summed E-state index contributed by atoms with van der Waals surface area (Å²) in [6, 6.07) is 0. The van der Waals surface area contributed by atoms with Gasteiger partial charge in [0, 0.05) is 5.37 Å². The Hall–Kier alpha value is 0.0500. The molecule has 0 saturated heterocycles. The van der Waals surface area contributed by atoms with Crippen molar-refractivity contribution >= 4 is 17.6 Å². The maximum absolute atomic E-state index is 9.14. The van der Waals surface area contributed by atoms with Crippen LogP contribution in [0.15, 0.2) is 0 Å². The minimum atomic E-state index is -0.241. The maximum atomic E-state index is 9.14. The molecule has 0 rings (SSSR count). The first-order chi connectivity index (χ1) is 1.91. The van der Waals surface area contributed by atoms with E-state index in [1.165, 1.54) is 0 Å². The first-order valence-corrected chi connectivity index (χ1v) is 1.40. The molecule has 0 atom stereocenters. The van der Waals surface area contributed by atoms with Gasteiger partial charge in [-0.2, -0.15) is 0 Å². The smallest absolute Gasteiger partial charge is 0.111 e. The first kappa shape index (κ1) is 4.05. The second-order valence-corrected chi connectivity index (χ2v) is 0.667. The summed E-state index contributed by atoms with van der Waals surface area (Å²) in [5.74, 6) is 0. The van der Waals surface area contributed by atoms with Crippen LogP contribution in [-0.4, -0.2) is 12.0 Å². The second kappa shape index (κ2) is 3.05. The minimum Gasteiger partial charge on any atom is -0.231 e. The van der Waals surface area contributed by atoms with Gasteiger partial charge in [-0.3, -0.25) is 0 Å². The summed E-state index contributed by atoms with van der Waals surface area (Å²) in [6.07, 6.45) is 0. The molecule has 23 valence electrons. The fraction of sp³-hybridized carbons (Fsp3) is 0.500. The van der Waals surface area contributed by atoms with Crippen LogP contribution in [0, 0.1) is 0 Å². The number of thiocarbonyl (C=S) groups is 1. The molecule has 0 amide bonds. The monoisotopic (exact) mass is 75.0 g/mol. The Bertz CT molecular complexity index is 20.0. The molecule has 0 aromatic rings. The Morgan fingerprint density at radius 1 is 2.00 bits per heavy atom. The van der Waals surface area contributed by atoms with Crippen molar-refractivity contribution in [3.63, 3.8) is 0 Å². The lowest BCUT2D eigenvalue weighted by molar-refractivity contribution is 0.250. The molecular formula is C2H3OS. The largest absolute Gasteiger partial charge is 0.231 e. The van der Waals surface area contributed by atoms with Crippen LogP contribution >= 0.6 is 12.2 Å². The van der Waals surface area contributed by atoms with E-state index < -0.39 is 0 Å². The topological polar surface area (TPSA) is 19.9 Å². The number of hydrogen-bond acceptors (Lipinski definition) is 1. The molecule has 0 bridgehead atoms. The van der Waals surface area contributed by atoms with Crippen LogP contribution in [0.2, 0.25) is 0 Å². The summed E-state index contributed by atoms with van der Waals surface area (Å²) in [5.41, 5.74) is 0. The van der Waals surface area contributed by atoms with Gasteiger partial charge in [-0.25, -0.2) is 5.11 Å². The van der Waals surface area contributed by atoms with E-state index in [4.69, 9.17) is 5.11 Å². The van der Waals surface area contributed by atoms with Crippen LogP contribution in [0.5, 0.6) is 0 Å². The lowest BCUT2D eigenvalue weighted by Crippen LogP contribution is -1.68. The Morgan fingerprint density at radius 2 is 2.25 bits per heavy atom. The van der Waals surface area contributed by atoms with E-state index >= 15 is 0 Å². The highest BCUT2D eigenvalue weighted by molar-refractivity contribution is 7.79. The number of hydrogen-bond donors (Lipinski definition) is 0. The zero-order chi connectivity index (χ0) is 3.41. The second-order valence-electron chi connectivity index (χ2n) is 0.333. The minimum absolute atomic E-state index is 0.241. The molecule has 0 N–H and O–H groups in total. The molecule has 0 aliphatic rings. The summed E-state index contributed by atoms with van der Waals surface area (Å²) in [5, 5.41) is 10.3. The highest BCUT2D eigenvalue weighted by atomic mass is 32.1. The Morgan fingerprint density at radius 3 is 2.25 bits per heavy atom. The molecule has 0 heterocycles. The summed E-state index contributed by atoms with van der Waals surface area (Å²) in [7, 11) is 0. The molecule has 0 fully saturated rings. The lowest BCUT2D eigenvalue weighted by Gasteiger charge is -1.52. The quantitative estimate of drug-likeness (QED) is 0.413. The predicted molar refractivity (Wildman–Crippen MR) is 19.2 cm³/mol. The molecule has 0 saturated carbocycles. The Balaban J connectivity index is 2.30. The molecule has 4 heavy (non-hydrogen) atoms. The van der Waals surface area contributed by atoms with Gasteiger partial charge in [0.15, 0.2) is 0 Å². The fourth-order valence-corrected chi connectivity index (χ4v) is 0. The Labute approximate surface area is 30.3 Å². The van der Waals surface area contributed by atoms with Gasteiger partial charge >= 0.3 is 0 Å². The zero-order valence-corrected chi connectivity index (χ0v) is 2.92. The van der Waals surface area contributed by atoms with Gasteiger partial charge in [-0.15, -0.1) is 0 Å². The van der Waals surface area contributed by atoms with Crippen LogP contribution in [0.4, 0.5) is 0 Å². The SMILES string of the molecule is [O]CC=S. The highest BCUT2D eigenvalue weighted by Gasteiger charge is 1.52. The molecular weight excluding hydrogens is 72.1 g/mol. The average molecular weight is 75.1 g/mol. The lowest BCUT2D eigenvalue weighted by atomic mass is 10.9. The third kappa shape index (κ3) is 2.05. The van der Waals surface area contributed by atoms with Crippen LogP contribution in [0.1, 0.15) is 0 Å². The highest BCUT2D eigenvalue weighted by Crippen LogP contribution is 1.41. The average Bonchev–Trinajstić information content (AvgIpc) is 1.37. The van der Waals surface area contributed by atoms with Crippen LogP contribution in [0.3, 0.4) is 0 Å². The van der Waals surface area contributed by atoms with E-state index in [0.29, 0.717) is 0 Å². The van der Waals surface area contributed by atoms with Crippen LogP contribution in [-0.2, 0) is 5.11 Å². The van der Waals surface area contributed by atoms with Crippen molar-refractivity contribution in [1.29, 1.82) is 0 Å². The van der Waals surface area contributed by atoms with Crippen molar-refractivity contribution in [2.45, 2.75) is 0 Å². The van der Waals surface area contributed by atoms with Crippen molar-refractivity contribution < 1.29 is 5.11 Å². The first-order valence-electron chi connectivity index (χ1n) is 0.933. The van der Waals surface area contributed by atoms with Gasteiger partial charge in [0.1, 0.15) is 6.61 Å². The molecule has 1 nitrogen and oxygen atoms in total. The summed E-state index contributed by atoms with van der Waals surface area (Å²) < 4.78 is 0. The molecule has 0 aromatic carbocycles. The summed E-state index contributed by atoms with van der Waals surface area (Å²) >= 11 is 4.12. The maximum Gasteiger partial charge on any atom is 0.111 e. The van der Waals surface area contributed by atoms with Crippen molar-refractivity contribution in [2.24, 2.45) is 0 Å². The standard InChI is InChI=1S/C2H3OS/c3-1-2-4/h2H,1H2. The van der Waals surface area contributed by atoms with Crippen LogP contribution < -0.4 is 0 Å². The van der Waals surface area contributed by atoms with E-state index in [9.17, 15) is 0 Å². The molecule has 2 heteroatoms. The van der Waals surface area contributed by atoms with E-state index in [1.54, 1.807) is 0 Å². The fourth-order valence-electron chi connectivity index (χ4n) is 0. The van der Waals surface area contributed by atoms with Gasteiger partial charge < -0.3 is 0 Å². The Kier molecular flexibility index (Phi) is 3.09. The van der Waals surface area contributed by atoms with Crippen molar-refractivity contribution in [3.8, 4) is 0 Å². The van der Waals surface area contributed by atoms with E-state index in [-0.39, 0.29) is 6.61 Å². The van der Waals surface area contributed by atoms with Crippen molar-refractivity contribution in [3.05, 3.63) is 0 Å². The summed E-state index contributed by atoms with van der Waals surface area (Å²) in [4.78, 5) is 0. The van der Waals surface area contributed by atoms with E-state index in [2.05, 4.69) is 12.2 Å². The number of rotatable bonds is 1. The zero-order valence-electron chi connectivity index (χ0n) is 2.10. The molecule has 0 aliphatic heterocycles. The predicted octanol–water partition coefficient (Wildman–Crippen LogP) is 0.417. The molecule has 0 aliphatic carbocycles. The van der Waals surface area contributed by atoms with Gasteiger partial charge in [0.2, 0.25) is 0 Å². The third-order valence-electron chi connectivity index (χ3n) is 0.0680. The molecule has 0 aromatic heterocycles. The van der Waals surface area contributed by atoms with E-state index in [0.717, 1.165) is 5.37 Å². The van der Waals surface area contributed by atoms with Gasteiger partial charge in [0.25, 0.3) is 0 Å².